The first-order valence-corrected chi connectivity index (χ1v) is 15.8. The van der Waals surface area contributed by atoms with Crippen molar-refractivity contribution in [3.05, 3.63) is 118 Å². The summed E-state index contributed by atoms with van der Waals surface area (Å²) in [6.45, 7) is 8.55. The molecule has 0 fully saturated rings. The highest BCUT2D eigenvalue weighted by molar-refractivity contribution is 7.80. The molecule has 0 aliphatic rings. The molecule has 3 aromatic carbocycles. The van der Waals surface area contributed by atoms with Gasteiger partial charge in [-0.1, -0.05) is 56.7 Å². The number of benzene rings is 3. The number of aromatic nitrogens is 2. The minimum Gasteiger partial charge on any atom is -0.351 e. The highest BCUT2D eigenvalue weighted by atomic mass is 32.1. The van der Waals surface area contributed by atoms with E-state index >= 15 is 0 Å². The molecule has 1 heterocycles. The molecule has 2 N–H and O–H groups in total. The number of nitriles is 1. The zero-order valence-corrected chi connectivity index (χ0v) is 27.8. The zero-order chi connectivity index (χ0) is 34.1. The van der Waals surface area contributed by atoms with Crippen molar-refractivity contribution >= 4 is 28.9 Å². The number of hydrogen-bond acceptors (Lipinski definition) is 4. The maximum absolute atomic E-state index is 14.0. The third kappa shape index (κ3) is 9.66. The second kappa shape index (κ2) is 15.7. The average Bonchev–Trinajstić information content (AvgIpc) is 3.47. The number of halogens is 3. The largest absolute Gasteiger partial charge is 0.416 e. The molecule has 7 nitrogen and oxygen atoms in total. The van der Waals surface area contributed by atoms with Crippen molar-refractivity contribution < 1.29 is 18.0 Å². The lowest BCUT2D eigenvalue weighted by Crippen LogP contribution is -2.50. The van der Waals surface area contributed by atoms with Gasteiger partial charge in [-0.3, -0.25) is 4.79 Å². The molecule has 0 spiro atoms. The summed E-state index contributed by atoms with van der Waals surface area (Å²) >= 11 is 5.80. The van der Waals surface area contributed by atoms with Crippen LogP contribution < -0.4 is 10.6 Å². The van der Waals surface area contributed by atoms with Gasteiger partial charge in [0, 0.05) is 43.3 Å². The molecule has 0 unspecified atom stereocenters. The predicted octanol–water partition coefficient (Wildman–Crippen LogP) is 7.41. The van der Waals surface area contributed by atoms with Crippen LogP contribution in [0.1, 0.15) is 59.3 Å². The average molecular weight is 661 g/mol. The minimum absolute atomic E-state index is 0.00714. The first-order valence-electron chi connectivity index (χ1n) is 15.4. The Balaban J connectivity index is 1.55. The third-order valence-electron chi connectivity index (χ3n) is 8.40. The van der Waals surface area contributed by atoms with E-state index in [0.717, 1.165) is 34.9 Å². The van der Waals surface area contributed by atoms with Gasteiger partial charge in [-0.25, -0.2) is 4.98 Å². The number of hydrogen-bond donors (Lipinski definition) is 2. The van der Waals surface area contributed by atoms with Crippen molar-refractivity contribution in [3.8, 4) is 6.07 Å². The summed E-state index contributed by atoms with van der Waals surface area (Å²) in [6.07, 6.45) is -0.443. The summed E-state index contributed by atoms with van der Waals surface area (Å²) in [4.78, 5) is 19.4. The Bertz CT molecular complexity index is 1730. The van der Waals surface area contributed by atoms with Gasteiger partial charge < -0.3 is 20.1 Å². The lowest BCUT2D eigenvalue weighted by molar-refractivity contribution is -0.138. The normalized spacial score (nSPS) is 12.6. The molecule has 47 heavy (non-hydrogen) atoms. The van der Waals surface area contributed by atoms with Crippen LogP contribution in [-0.2, 0) is 30.5 Å². The van der Waals surface area contributed by atoms with Gasteiger partial charge in [0.15, 0.2) is 5.11 Å². The van der Waals surface area contributed by atoms with Crippen LogP contribution in [0.4, 0.5) is 18.9 Å². The Morgan fingerprint density at radius 1 is 1.09 bits per heavy atom. The smallest absolute Gasteiger partial charge is 0.351 e. The van der Waals surface area contributed by atoms with Gasteiger partial charge in [0.05, 0.1) is 29.9 Å². The van der Waals surface area contributed by atoms with Gasteiger partial charge in [0.2, 0.25) is 5.91 Å². The van der Waals surface area contributed by atoms with E-state index in [-0.39, 0.29) is 42.0 Å². The van der Waals surface area contributed by atoms with E-state index in [4.69, 9.17) is 17.5 Å². The Morgan fingerprint density at radius 2 is 1.81 bits per heavy atom. The van der Waals surface area contributed by atoms with Crippen LogP contribution >= 0.6 is 12.2 Å². The van der Waals surface area contributed by atoms with Crippen molar-refractivity contribution in [3.63, 3.8) is 0 Å². The number of nitrogens with one attached hydrogen (secondary N) is 2. The summed E-state index contributed by atoms with van der Waals surface area (Å²) in [5, 5.41) is 15.7. The molecule has 0 aliphatic heterocycles. The fourth-order valence-electron chi connectivity index (χ4n) is 5.21. The Labute approximate surface area is 279 Å². The number of nitrogens with zero attached hydrogens (tertiary/aromatic N) is 4. The van der Waals surface area contributed by atoms with E-state index in [2.05, 4.69) is 21.7 Å². The number of carbonyl (C=O) groups is 1. The fourth-order valence-corrected chi connectivity index (χ4v) is 5.47. The summed E-state index contributed by atoms with van der Waals surface area (Å²) in [6, 6.07) is 20.2. The number of thiocarbonyl (C=S) groups is 1. The SMILES string of the molecule is CC[C@H](C)[C@@H](CN(Cc1ccccc1C(F)(F)F)C(=S)Nc1ccc(C)c(C)c1)NC(=O)Cc1cncn1Cc1ccc(C#N)cc1. The second-order valence-corrected chi connectivity index (χ2v) is 12.2. The molecular formula is C36H39F3N6OS. The summed E-state index contributed by atoms with van der Waals surface area (Å²) < 4.78 is 43.8. The highest BCUT2D eigenvalue weighted by Crippen LogP contribution is 2.32. The molecule has 11 heteroatoms. The summed E-state index contributed by atoms with van der Waals surface area (Å²) in [5.74, 6) is -0.243. The molecule has 0 aliphatic carbocycles. The molecule has 0 bridgehead atoms. The van der Waals surface area contributed by atoms with Crippen LogP contribution in [0, 0.1) is 31.1 Å². The van der Waals surface area contributed by atoms with E-state index in [0.29, 0.717) is 17.8 Å². The van der Waals surface area contributed by atoms with Crippen molar-refractivity contribution in [2.24, 2.45) is 5.92 Å². The first-order chi connectivity index (χ1) is 22.4. The van der Waals surface area contributed by atoms with E-state index in [9.17, 15) is 18.0 Å². The lowest BCUT2D eigenvalue weighted by Gasteiger charge is -2.34. The van der Waals surface area contributed by atoms with Gasteiger partial charge in [-0.05, 0) is 84.6 Å². The van der Waals surface area contributed by atoms with Crippen LogP contribution in [-0.4, -0.2) is 38.1 Å². The Kier molecular flexibility index (Phi) is 11.8. The molecule has 246 valence electrons. The summed E-state index contributed by atoms with van der Waals surface area (Å²) in [5.41, 5.74) is 4.48. The van der Waals surface area contributed by atoms with Gasteiger partial charge in [-0.15, -0.1) is 0 Å². The zero-order valence-electron chi connectivity index (χ0n) is 26.9. The third-order valence-corrected chi connectivity index (χ3v) is 8.76. The van der Waals surface area contributed by atoms with Crippen LogP contribution in [0.2, 0.25) is 0 Å². The molecular weight excluding hydrogens is 621 g/mol. The van der Waals surface area contributed by atoms with Crippen LogP contribution in [0.15, 0.2) is 79.3 Å². The second-order valence-electron chi connectivity index (χ2n) is 11.8. The van der Waals surface area contributed by atoms with Gasteiger partial charge in [0.1, 0.15) is 0 Å². The summed E-state index contributed by atoms with van der Waals surface area (Å²) in [7, 11) is 0. The molecule has 1 amide bonds. The molecule has 0 saturated heterocycles. The van der Waals surface area contributed by atoms with Crippen LogP contribution in [0.5, 0.6) is 0 Å². The monoisotopic (exact) mass is 660 g/mol. The number of aryl methyl sites for hydroxylation is 2. The number of amides is 1. The maximum Gasteiger partial charge on any atom is 0.416 e. The Hall–Kier alpha value is -4.69. The van der Waals surface area contributed by atoms with Crippen molar-refractivity contribution in [2.45, 2.75) is 65.8 Å². The molecule has 4 rings (SSSR count). The van der Waals surface area contributed by atoms with Crippen LogP contribution in [0.3, 0.4) is 0 Å². The molecule has 0 radical (unpaired) electrons. The number of imidazole rings is 1. The molecule has 1 aromatic heterocycles. The quantitative estimate of drug-likeness (QED) is 0.154. The number of alkyl halides is 3. The predicted molar refractivity (Wildman–Crippen MR) is 182 cm³/mol. The standard InChI is InChI=1S/C36H39F3N6OS/c1-5-24(2)33(43-34(46)17-31-19-41-23-45(31)20-28-13-11-27(18-40)12-14-28)22-44(21-29-8-6-7-9-32(29)36(37,38)39)35(47)42-30-15-10-25(3)26(4)16-30/h6-16,19,23-24,33H,5,17,20-22H2,1-4H3,(H,42,47)(H,43,46)/t24-,33+/m0/s1. The van der Waals surface area contributed by atoms with Crippen molar-refractivity contribution in [1.29, 1.82) is 5.26 Å². The number of carbonyl (C=O) groups excluding carboxylic acids is 1. The molecule has 0 saturated carbocycles. The van der Waals surface area contributed by atoms with E-state index in [1.807, 2.05) is 62.6 Å². The maximum atomic E-state index is 14.0. The lowest BCUT2D eigenvalue weighted by atomic mass is 9.97. The van der Waals surface area contributed by atoms with Crippen molar-refractivity contribution in [2.75, 3.05) is 11.9 Å². The minimum atomic E-state index is -4.53. The van der Waals surface area contributed by atoms with Gasteiger partial charge in [0.25, 0.3) is 0 Å². The van der Waals surface area contributed by atoms with E-state index in [1.165, 1.54) is 12.1 Å². The van der Waals surface area contributed by atoms with Crippen LogP contribution in [0.25, 0.3) is 0 Å². The van der Waals surface area contributed by atoms with Gasteiger partial charge in [-0.2, -0.15) is 18.4 Å². The highest BCUT2D eigenvalue weighted by Gasteiger charge is 2.34. The Morgan fingerprint density at radius 3 is 2.47 bits per heavy atom. The molecule has 2 atom stereocenters. The fraction of sp³-hybridized carbons (Fsp3) is 0.333. The first kappa shape index (κ1) is 35.2. The number of rotatable bonds is 12. The van der Waals surface area contributed by atoms with E-state index in [1.54, 1.807) is 35.6 Å². The topological polar surface area (TPSA) is 86.0 Å². The van der Waals surface area contributed by atoms with E-state index < -0.39 is 17.8 Å². The van der Waals surface area contributed by atoms with Crippen molar-refractivity contribution in [1.82, 2.24) is 19.8 Å². The number of anilines is 1. The molecule has 4 aromatic rings. The van der Waals surface area contributed by atoms with Gasteiger partial charge >= 0.3 is 6.18 Å².